The van der Waals surface area contributed by atoms with Gasteiger partial charge in [0.2, 0.25) is 0 Å². The van der Waals surface area contributed by atoms with Crippen molar-refractivity contribution in [2.75, 3.05) is 6.26 Å². The van der Waals surface area contributed by atoms with Crippen molar-refractivity contribution in [1.82, 2.24) is 19.3 Å². The quantitative estimate of drug-likeness (QED) is 0.332. The number of hydrogen-bond donors (Lipinski definition) is 1. The molecule has 0 saturated carbocycles. The first kappa shape index (κ1) is 25.8. The Kier molecular flexibility index (Phi) is 7.14. The number of imidazole rings is 1. The van der Waals surface area contributed by atoms with E-state index in [1.165, 1.54) is 18.2 Å². The summed E-state index contributed by atoms with van der Waals surface area (Å²) in [6.07, 6.45) is 0.967. The van der Waals surface area contributed by atoms with Crippen LogP contribution in [0, 0.1) is 6.92 Å². The lowest BCUT2D eigenvalue weighted by atomic mass is 10.1. The summed E-state index contributed by atoms with van der Waals surface area (Å²) >= 11 is 6.42. The SMILES string of the molecule is Cc1nc2ccc(C(=O)NS(=O)(=O)c3ccccc3)nc2n1Cc1ccc(COS(C)(=O)=O)cc1Cl. The van der Waals surface area contributed by atoms with E-state index in [0.29, 0.717) is 33.1 Å². The van der Waals surface area contributed by atoms with E-state index < -0.39 is 26.0 Å². The number of pyridine rings is 1. The molecule has 0 bridgehead atoms. The smallest absolute Gasteiger partial charge is 0.283 e. The van der Waals surface area contributed by atoms with Crippen LogP contribution in [-0.4, -0.2) is 43.5 Å². The number of aromatic nitrogens is 3. The molecule has 2 aromatic heterocycles. The van der Waals surface area contributed by atoms with Crippen molar-refractivity contribution in [3.05, 3.63) is 88.3 Å². The van der Waals surface area contributed by atoms with Crippen LogP contribution in [0.1, 0.15) is 27.4 Å². The minimum atomic E-state index is -4.07. The van der Waals surface area contributed by atoms with Gasteiger partial charge in [-0.15, -0.1) is 0 Å². The van der Waals surface area contributed by atoms with E-state index >= 15 is 0 Å². The zero-order valence-corrected chi connectivity index (χ0v) is 21.6. The minimum Gasteiger partial charge on any atom is -0.308 e. The number of nitrogens with one attached hydrogen (secondary N) is 1. The Labute approximate surface area is 213 Å². The third-order valence-corrected chi connectivity index (χ3v) is 7.43. The fourth-order valence-electron chi connectivity index (χ4n) is 3.42. The summed E-state index contributed by atoms with van der Waals surface area (Å²) < 4.78 is 56.1. The number of amides is 1. The first-order valence-electron chi connectivity index (χ1n) is 10.5. The van der Waals surface area contributed by atoms with Crippen LogP contribution in [0.3, 0.4) is 0 Å². The van der Waals surface area contributed by atoms with Gasteiger partial charge in [-0.25, -0.2) is 23.1 Å². The lowest BCUT2D eigenvalue weighted by Crippen LogP contribution is -2.31. The van der Waals surface area contributed by atoms with E-state index in [-0.39, 0.29) is 23.7 Å². The van der Waals surface area contributed by atoms with Crippen LogP contribution in [-0.2, 0) is 37.5 Å². The van der Waals surface area contributed by atoms with E-state index in [1.807, 2.05) is 4.72 Å². The second-order valence-electron chi connectivity index (χ2n) is 7.92. The molecule has 0 unspecified atom stereocenters. The molecule has 0 aliphatic rings. The Morgan fingerprint density at radius 2 is 1.75 bits per heavy atom. The van der Waals surface area contributed by atoms with Gasteiger partial charge in [-0.1, -0.05) is 41.9 Å². The number of carbonyl (C=O) groups excluding carboxylic acids is 1. The van der Waals surface area contributed by atoms with Gasteiger partial charge in [0, 0.05) is 5.02 Å². The molecular weight excluding hydrogens is 528 g/mol. The summed E-state index contributed by atoms with van der Waals surface area (Å²) in [5.74, 6) is -0.271. The number of benzene rings is 2. The number of nitrogens with zero attached hydrogens (tertiary/aromatic N) is 3. The lowest BCUT2D eigenvalue weighted by molar-refractivity contribution is 0.0977. The van der Waals surface area contributed by atoms with Gasteiger partial charge in [0.25, 0.3) is 26.0 Å². The minimum absolute atomic E-state index is 0.0414. The van der Waals surface area contributed by atoms with Gasteiger partial charge < -0.3 is 4.57 Å². The summed E-state index contributed by atoms with van der Waals surface area (Å²) in [5.41, 5.74) is 2.08. The second-order valence-corrected chi connectivity index (χ2v) is 11.7. The third kappa shape index (κ3) is 5.90. The van der Waals surface area contributed by atoms with Crippen LogP contribution < -0.4 is 4.72 Å². The Balaban J connectivity index is 1.60. The van der Waals surface area contributed by atoms with E-state index in [1.54, 1.807) is 54.0 Å². The van der Waals surface area contributed by atoms with Crippen molar-refractivity contribution in [2.45, 2.75) is 25.0 Å². The Bertz CT molecular complexity index is 1670. The van der Waals surface area contributed by atoms with Crippen LogP contribution in [0.5, 0.6) is 0 Å². The number of aryl methyl sites for hydroxylation is 1. The highest BCUT2D eigenvalue weighted by molar-refractivity contribution is 7.90. The maximum absolute atomic E-state index is 12.7. The van der Waals surface area contributed by atoms with Crippen molar-refractivity contribution >= 4 is 48.8 Å². The molecular formula is C23H21ClN4O6S2. The Hall–Kier alpha value is -3.32. The zero-order chi connectivity index (χ0) is 26.1. The molecule has 0 radical (unpaired) electrons. The van der Waals surface area contributed by atoms with Crippen LogP contribution in [0.25, 0.3) is 11.2 Å². The van der Waals surface area contributed by atoms with E-state index in [9.17, 15) is 21.6 Å². The standard InChI is InChI=1S/C23H21ClN4O6S2/c1-15-25-20-10-11-21(23(29)27-36(32,33)18-6-4-3-5-7-18)26-22(20)28(15)13-17-9-8-16(12-19(17)24)14-34-35(2,30)31/h3-12H,13-14H2,1-2H3,(H,27,29). The summed E-state index contributed by atoms with van der Waals surface area (Å²) in [6, 6.07) is 15.6. The topological polar surface area (TPSA) is 137 Å². The molecule has 1 amide bonds. The number of sulfonamides is 1. The molecule has 4 aromatic rings. The predicted molar refractivity (Wildman–Crippen MR) is 134 cm³/mol. The molecule has 0 aliphatic carbocycles. The fraction of sp³-hybridized carbons (Fsp3) is 0.174. The number of rotatable bonds is 8. The van der Waals surface area contributed by atoms with Gasteiger partial charge >= 0.3 is 0 Å². The zero-order valence-electron chi connectivity index (χ0n) is 19.2. The number of carbonyl (C=O) groups is 1. The normalized spacial score (nSPS) is 12.1. The molecule has 36 heavy (non-hydrogen) atoms. The molecule has 0 atom stereocenters. The molecule has 13 heteroatoms. The van der Waals surface area contributed by atoms with Crippen LogP contribution >= 0.6 is 11.6 Å². The summed E-state index contributed by atoms with van der Waals surface area (Å²) in [5, 5.41) is 0.383. The predicted octanol–water partition coefficient (Wildman–Crippen LogP) is 3.04. The van der Waals surface area contributed by atoms with Gasteiger partial charge in [0.1, 0.15) is 17.0 Å². The lowest BCUT2D eigenvalue weighted by Gasteiger charge is -2.11. The molecule has 1 N–H and O–H groups in total. The highest BCUT2D eigenvalue weighted by Crippen LogP contribution is 2.23. The molecule has 2 aromatic carbocycles. The number of hydrogen-bond acceptors (Lipinski definition) is 8. The molecule has 10 nitrogen and oxygen atoms in total. The van der Waals surface area contributed by atoms with Crippen molar-refractivity contribution < 1.29 is 25.8 Å². The highest BCUT2D eigenvalue weighted by atomic mass is 35.5. The van der Waals surface area contributed by atoms with E-state index in [4.69, 9.17) is 15.8 Å². The second kappa shape index (κ2) is 9.97. The largest absolute Gasteiger partial charge is 0.308 e. The number of halogens is 1. The molecule has 4 rings (SSSR count). The molecule has 2 heterocycles. The van der Waals surface area contributed by atoms with Crippen molar-refractivity contribution in [3.8, 4) is 0 Å². The first-order chi connectivity index (χ1) is 16.9. The van der Waals surface area contributed by atoms with Crippen molar-refractivity contribution in [1.29, 1.82) is 0 Å². The average molecular weight is 549 g/mol. The summed E-state index contributed by atoms with van der Waals surface area (Å²) in [7, 11) is -7.65. The van der Waals surface area contributed by atoms with Gasteiger partial charge in [0.15, 0.2) is 5.65 Å². The van der Waals surface area contributed by atoms with Crippen LogP contribution in [0.4, 0.5) is 0 Å². The van der Waals surface area contributed by atoms with Crippen molar-refractivity contribution in [3.63, 3.8) is 0 Å². The van der Waals surface area contributed by atoms with Gasteiger partial charge in [-0.3, -0.25) is 8.98 Å². The maximum Gasteiger partial charge on any atom is 0.283 e. The van der Waals surface area contributed by atoms with Gasteiger partial charge in [0.05, 0.1) is 24.3 Å². The van der Waals surface area contributed by atoms with Crippen LogP contribution in [0.2, 0.25) is 5.02 Å². The maximum atomic E-state index is 12.7. The summed E-state index contributed by atoms with van der Waals surface area (Å²) in [6.45, 7) is 1.88. The molecule has 0 fully saturated rings. The van der Waals surface area contributed by atoms with Gasteiger partial charge in [-0.05, 0) is 48.4 Å². The van der Waals surface area contributed by atoms with E-state index in [2.05, 4.69) is 9.97 Å². The van der Waals surface area contributed by atoms with Gasteiger partial charge in [-0.2, -0.15) is 8.42 Å². The molecule has 0 spiro atoms. The van der Waals surface area contributed by atoms with Crippen LogP contribution in [0.15, 0.2) is 65.6 Å². The molecule has 0 aliphatic heterocycles. The van der Waals surface area contributed by atoms with Crippen molar-refractivity contribution in [2.24, 2.45) is 0 Å². The van der Waals surface area contributed by atoms with E-state index in [0.717, 1.165) is 6.26 Å². The summed E-state index contributed by atoms with van der Waals surface area (Å²) in [4.78, 5) is 21.5. The molecule has 188 valence electrons. The highest BCUT2D eigenvalue weighted by Gasteiger charge is 2.21. The third-order valence-electron chi connectivity index (χ3n) is 5.18. The monoisotopic (exact) mass is 548 g/mol. The Morgan fingerprint density at radius 3 is 2.42 bits per heavy atom. The average Bonchev–Trinajstić information content (AvgIpc) is 3.13. The number of fused-ring (bicyclic) bond motifs is 1. The fourth-order valence-corrected chi connectivity index (χ4v) is 5.01. The Morgan fingerprint density at radius 1 is 1.03 bits per heavy atom. The first-order valence-corrected chi connectivity index (χ1v) is 14.2. The molecule has 0 saturated heterocycles.